The topological polar surface area (TPSA) is 57.8 Å². The summed E-state index contributed by atoms with van der Waals surface area (Å²) < 4.78 is 1.04. The number of carbonyl (C=O) groups excluding carboxylic acids is 1. The molecule has 78 valence electrons. The van der Waals surface area contributed by atoms with Gasteiger partial charge in [0.2, 0.25) is 0 Å². The van der Waals surface area contributed by atoms with Crippen molar-refractivity contribution in [3.05, 3.63) is 38.8 Å². The van der Waals surface area contributed by atoms with Gasteiger partial charge in [-0.05, 0) is 22.0 Å². The maximum absolute atomic E-state index is 11.5. The number of nitrogens with one attached hydrogen (secondary N) is 2. The van der Waals surface area contributed by atoms with E-state index in [1.165, 1.54) is 6.20 Å². The van der Waals surface area contributed by atoms with Gasteiger partial charge in [0, 0.05) is 20.9 Å². The highest BCUT2D eigenvalue weighted by molar-refractivity contribution is 9.10. The van der Waals surface area contributed by atoms with Crippen LogP contribution in [0.15, 0.2) is 28.3 Å². The van der Waals surface area contributed by atoms with Crippen molar-refractivity contribution in [3.8, 4) is 0 Å². The molecule has 0 aliphatic rings. The fraction of sp³-hybridized carbons (Fsp3) is 0.111. The third-order valence-electron chi connectivity index (χ3n) is 1.81. The Morgan fingerprint density at radius 1 is 1.67 bits per heavy atom. The molecular formula is C9H8BrN3OS. The lowest BCUT2D eigenvalue weighted by molar-refractivity contribution is 0.0951. The van der Waals surface area contributed by atoms with Gasteiger partial charge in [-0.2, -0.15) is 5.10 Å². The normalized spacial score (nSPS) is 10.2. The first-order valence-corrected chi connectivity index (χ1v) is 5.93. The lowest BCUT2D eigenvalue weighted by atomic mass is 10.3. The van der Waals surface area contributed by atoms with Gasteiger partial charge >= 0.3 is 0 Å². The van der Waals surface area contributed by atoms with E-state index in [-0.39, 0.29) is 5.91 Å². The average molecular weight is 286 g/mol. The number of aromatic nitrogens is 2. The summed E-state index contributed by atoms with van der Waals surface area (Å²) in [5.41, 5.74) is 0.547. The Morgan fingerprint density at radius 3 is 3.13 bits per heavy atom. The van der Waals surface area contributed by atoms with Crippen molar-refractivity contribution < 1.29 is 4.79 Å². The van der Waals surface area contributed by atoms with Crippen LogP contribution in [-0.2, 0) is 6.54 Å². The standard InChI is InChI=1S/C9H8BrN3OS/c10-7-1-8(15-5-7)4-11-9(14)6-2-12-13-3-6/h1-3,5H,4H2,(H,11,14)(H,12,13). The first-order chi connectivity index (χ1) is 7.25. The molecule has 2 N–H and O–H groups in total. The highest BCUT2D eigenvalue weighted by atomic mass is 79.9. The zero-order chi connectivity index (χ0) is 10.7. The molecule has 0 bridgehead atoms. The van der Waals surface area contributed by atoms with E-state index in [1.54, 1.807) is 17.5 Å². The third-order valence-corrected chi connectivity index (χ3v) is 3.50. The fourth-order valence-electron chi connectivity index (χ4n) is 1.09. The molecule has 0 saturated heterocycles. The van der Waals surface area contributed by atoms with Crippen LogP contribution in [0.4, 0.5) is 0 Å². The molecule has 0 radical (unpaired) electrons. The van der Waals surface area contributed by atoms with E-state index < -0.39 is 0 Å². The lowest BCUT2D eigenvalue weighted by Crippen LogP contribution is -2.21. The first kappa shape index (κ1) is 10.4. The summed E-state index contributed by atoms with van der Waals surface area (Å²) in [7, 11) is 0. The molecular weight excluding hydrogens is 278 g/mol. The Labute approximate surface area is 98.8 Å². The summed E-state index contributed by atoms with van der Waals surface area (Å²) in [6, 6.07) is 1.99. The highest BCUT2D eigenvalue weighted by Crippen LogP contribution is 2.19. The first-order valence-electron chi connectivity index (χ1n) is 4.25. The number of H-pyrrole nitrogens is 1. The minimum atomic E-state index is -0.117. The summed E-state index contributed by atoms with van der Waals surface area (Å²) in [6.45, 7) is 0.542. The zero-order valence-electron chi connectivity index (χ0n) is 7.66. The minimum Gasteiger partial charge on any atom is -0.347 e. The van der Waals surface area contributed by atoms with Crippen molar-refractivity contribution in [2.75, 3.05) is 0 Å². The van der Waals surface area contributed by atoms with Crippen LogP contribution in [0.5, 0.6) is 0 Å². The number of nitrogens with zero attached hydrogens (tertiary/aromatic N) is 1. The predicted molar refractivity (Wildman–Crippen MR) is 61.8 cm³/mol. The number of aromatic amines is 1. The van der Waals surface area contributed by atoms with Crippen LogP contribution >= 0.6 is 27.3 Å². The summed E-state index contributed by atoms with van der Waals surface area (Å²) in [6.07, 6.45) is 3.07. The van der Waals surface area contributed by atoms with Gasteiger partial charge in [0.1, 0.15) is 0 Å². The van der Waals surface area contributed by atoms with Crippen molar-refractivity contribution in [3.63, 3.8) is 0 Å². The monoisotopic (exact) mass is 285 g/mol. The smallest absolute Gasteiger partial charge is 0.254 e. The van der Waals surface area contributed by atoms with Gasteiger partial charge in [-0.1, -0.05) is 0 Å². The van der Waals surface area contributed by atoms with Gasteiger partial charge in [-0.25, -0.2) is 0 Å². The maximum atomic E-state index is 11.5. The van der Waals surface area contributed by atoms with E-state index in [4.69, 9.17) is 0 Å². The van der Waals surface area contributed by atoms with Gasteiger partial charge in [0.15, 0.2) is 0 Å². The second-order valence-corrected chi connectivity index (χ2v) is 4.81. The largest absolute Gasteiger partial charge is 0.347 e. The third kappa shape index (κ3) is 2.66. The number of rotatable bonds is 3. The molecule has 0 fully saturated rings. The molecule has 0 unspecified atom stereocenters. The van der Waals surface area contributed by atoms with Gasteiger partial charge in [-0.15, -0.1) is 11.3 Å². The van der Waals surface area contributed by atoms with Crippen molar-refractivity contribution in [1.29, 1.82) is 0 Å². The van der Waals surface area contributed by atoms with Crippen molar-refractivity contribution in [2.45, 2.75) is 6.54 Å². The molecule has 1 amide bonds. The molecule has 6 heteroatoms. The maximum Gasteiger partial charge on any atom is 0.254 e. The van der Waals surface area contributed by atoms with Crippen LogP contribution in [0.2, 0.25) is 0 Å². The number of amides is 1. The van der Waals surface area contributed by atoms with Crippen molar-refractivity contribution >= 4 is 33.2 Å². The molecule has 2 aromatic rings. The quantitative estimate of drug-likeness (QED) is 0.908. The van der Waals surface area contributed by atoms with Gasteiger partial charge in [-0.3, -0.25) is 9.89 Å². The van der Waals surface area contributed by atoms with Crippen molar-refractivity contribution in [2.24, 2.45) is 0 Å². The summed E-state index contributed by atoms with van der Waals surface area (Å²) in [5, 5.41) is 11.1. The van der Waals surface area contributed by atoms with Crippen LogP contribution in [-0.4, -0.2) is 16.1 Å². The van der Waals surface area contributed by atoms with Gasteiger partial charge < -0.3 is 5.32 Å². The lowest BCUT2D eigenvalue weighted by Gasteiger charge is -1.99. The molecule has 2 aromatic heterocycles. The Balaban J connectivity index is 1.91. The predicted octanol–water partition coefficient (Wildman–Crippen LogP) is 2.16. The fourth-order valence-corrected chi connectivity index (χ4v) is 2.48. The Bertz CT molecular complexity index is 452. The van der Waals surface area contributed by atoms with Crippen LogP contribution in [0, 0.1) is 0 Å². The second-order valence-electron chi connectivity index (χ2n) is 2.90. The number of carbonyl (C=O) groups is 1. The van der Waals surface area contributed by atoms with Crippen LogP contribution < -0.4 is 5.32 Å². The van der Waals surface area contributed by atoms with E-state index in [9.17, 15) is 4.79 Å². The molecule has 0 saturated carbocycles. The minimum absolute atomic E-state index is 0.117. The summed E-state index contributed by atoms with van der Waals surface area (Å²) in [4.78, 5) is 12.6. The summed E-state index contributed by atoms with van der Waals surface area (Å²) in [5.74, 6) is -0.117. The molecule has 4 nitrogen and oxygen atoms in total. The van der Waals surface area contributed by atoms with Gasteiger partial charge in [0.05, 0.1) is 18.3 Å². The van der Waals surface area contributed by atoms with E-state index in [0.29, 0.717) is 12.1 Å². The molecule has 0 aliphatic heterocycles. The highest BCUT2D eigenvalue weighted by Gasteiger charge is 2.06. The molecule has 0 atom stereocenters. The number of halogens is 1. The van der Waals surface area contributed by atoms with Crippen LogP contribution in [0.25, 0.3) is 0 Å². The number of thiophene rings is 1. The van der Waals surface area contributed by atoms with E-state index >= 15 is 0 Å². The Hall–Kier alpha value is -1.14. The molecule has 2 heterocycles. The SMILES string of the molecule is O=C(NCc1cc(Br)cs1)c1cn[nH]c1. The number of hydrogen-bond acceptors (Lipinski definition) is 3. The van der Waals surface area contributed by atoms with Crippen LogP contribution in [0.1, 0.15) is 15.2 Å². The molecule has 2 rings (SSSR count). The van der Waals surface area contributed by atoms with Crippen molar-refractivity contribution in [1.82, 2.24) is 15.5 Å². The zero-order valence-corrected chi connectivity index (χ0v) is 10.1. The van der Waals surface area contributed by atoms with Gasteiger partial charge in [0.25, 0.3) is 5.91 Å². The van der Waals surface area contributed by atoms with E-state index in [0.717, 1.165) is 9.35 Å². The van der Waals surface area contributed by atoms with E-state index in [1.807, 2.05) is 11.4 Å². The molecule has 15 heavy (non-hydrogen) atoms. The average Bonchev–Trinajstić information content (AvgIpc) is 2.84. The van der Waals surface area contributed by atoms with E-state index in [2.05, 4.69) is 31.4 Å². The molecule has 0 spiro atoms. The Morgan fingerprint density at radius 2 is 2.53 bits per heavy atom. The number of hydrogen-bond donors (Lipinski definition) is 2. The molecule has 0 aliphatic carbocycles. The Kier molecular flexibility index (Phi) is 3.17. The molecule has 0 aromatic carbocycles. The van der Waals surface area contributed by atoms with Crippen LogP contribution in [0.3, 0.4) is 0 Å². The summed E-state index contributed by atoms with van der Waals surface area (Å²) >= 11 is 4.96. The second kappa shape index (κ2) is 4.59.